The van der Waals surface area contributed by atoms with Crippen molar-refractivity contribution in [2.45, 2.75) is 53.4 Å². The summed E-state index contributed by atoms with van der Waals surface area (Å²) in [4.78, 5) is 0. The minimum atomic E-state index is 0.0663. The molecular formula is C23H31N. The van der Waals surface area contributed by atoms with Crippen molar-refractivity contribution in [3.05, 3.63) is 54.5 Å². The van der Waals surface area contributed by atoms with E-state index >= 15 is 0 Å². The van der Waals surface area contributed by atoms with Gasteiger partial charge in [-0.3, -0.25) is 0 Å². The Morgan fingerprint density at radius 3 is 2.58 bits per heavy atom. The number of hydrogen-bond donors (Lipinski definition) is 1. The van der Waals surface area contributed by atoms with Crippen LogP contribution >= 0.6 is 0 Å². The number of hydrogen-bond acceptors (Lipinski definition) is 1. The van der Waals surface area contributed by atoms with Gasteiger partial charge in [0, 0.05) is 21.9 Å². The zero-order valence-corrected chi connectivity index (χ0v) is 15.7. The molecule has 0 aromatic carbocycles. The summed E-state index contributed by atoms with van der Waals surface area (Å²) in [7, 11) is 0. The first-order valence-corrected chi connectivity index (χ1v) is 8.99. The number of rotatable bonds is 7. The van der Waals surface area contributed by atoms with E-state index in [1.807, 2.05) is 13.0 Å². The van der Waals surface area contributed by atoms with Gasteiger partial charge < -0.3 is 5.73 Å². The lowest BCUT2D eigenvalue weighted by Gasteiger charge is -2.52. The fraction of sp³-hybridized carbons (Fsp3) is 0.522. The molecule has 0 amide bonds. The van der Waals surface area contributed by atoms with Crippen LogP contribution in [-0.2, 0) is 0 Å². The molecule has 2 rings (SSSR count). The molecule has 1 heteroatoms. The van der Waals surface area contributed by atoms with Gasteiger partial charge in [-0.2, -0.15) is 0 Å². The van der Waals surface area contributed by atoms with Crippen LogP contribution in [0, 0.1) is 34.0 Å². The minimum Gasteiger partial charge on any atom is -0.402 e. The Kier molecular flexibility index (Phi) is 5.03. The van der Waals surface area contributed by atoms with Gasteiger partial charge in [0.05, 0.1) is 0 Å². The Bertz CT molecular complexity index is 691. The Balaban J connectivity index is 2.30. The maximum Gasteiger partial charge on any atom is 0.0395 e. The van der Waals surface area contributed by atoms with Gasteiger partial charge in [-0.1, -0.05) is 51.2 Å². The summed E-state index contributed by atoms with van der Waals surface area (Å²) in [5.41, 5.74) is 11.6. The third-order valence-corrected chi connectivity index (χ3v) is 6.76. The van der Waals surface area contributed by atoms with Crippen molar-refractivity contribution in [3.8, 4) is 11.8 Å². The monoisotopic (exact) mass is 321 g/mol. The third-order valence-electron chi connectivity index (χ3n) is 6.76. The van der Waals surface area contributed by atoms with E-state index in [1.165, 1.54) is 5.57 Å². The van der Waals surface area contributed by atoms with Crippen molar-refractivity contribution >= 4 is 0 Å². The van der Waals surface area contributed by atoms with Crippen molar-refractivity contribution in [2.75, 3.05) is 0 Å². The number of allylic oxidation sites excluding steroid dienone is 6. The second-order valence-electron chi connectivity index (χ2n) is 7.29. The normalized spacial score (nSPS) is 36.8. The predicted octanol–water partition coefficient (Wildman–Crippen LogP) is 5.53. The largest absolute Gasteiger partial charge is 0.402 e. The fourth-order valence-electron chi connectivity index (χ4n) is 5.86. The van der Waals surface area contributed by atoms with E-state index in [4.69, 9.17) is 5.73 Å². The molecule has 128 valence electrons. The molecule has 0 aromatic heterocycles. The molecular weight excluding hydrogens is 290 g/mol. The van der Waals surface area contributed by atoms with Gasteiger partial charge in [-0.05, 0) is 57.1 Å². The second kappa shape index (κ2) is 6.54. The molecule has 2 N–H and O–H groups in total. The lowest BCUT2D eigenvalue weighted by molar-refractivity contribution is 0.0165. The molecule has 2 aliphatic carbocycles. The average molecular weight is 322 g/mol. The molecule has 2 aliphatic rings. The zero-order valence-electron chi connectivity index (χ0n) is 15.7. The summed E-state index contributed by atoms with van der Waals surface area (Å²) < 4.78 is 0. The maximum atomic E-state index is 6.23. The van der Waals surface area contributed by atoms with Gasteiger partial charge >= 0.3 is 0 Å². The van der Waals surface area contributed by atoms with Crippen LogP contribution in [0.2, 0.25) is 0 Å². The summed E-state index contributed by atoms with van der Waals surface area (Å²) in [5.74, 6) is 7.40. The Hall–Kier alpha value is -1.90. The van der Waals surface area contributed by atoms with Crippen LogP contribution < -0.4 is 5.73 Å². The van der Waals surface area contributed by atoms with Gasteiger partial charge in [-0.15, -0.1) is 11.7 Å². The van der Waals surface area contributed by atoms with E-state index in [-0.39, 0.29) is 16.2 Å². The smallest absolute Gasteiger partial charge is 0.0395 e. The summed E-state index contributed by atoms with van der Waals surface area (Å²) in [6, 6.07) is 0. The molecule has 0 radical (unpaired) electrons. The molecule has 2 saturated carbocycles. The second-order valence-corrected chi connectivity index (χ2v) is 7.29. The van der Waals surface area contributed by atoms with E-state index in [0.29, 0.717) is 5.92 Å². The van der Waals surface area contributed by atoms with Crippen molar-refractivity contribution in [3.63, 3.8) is 0 Å². The van der Waals surface area contributed by atoms with Crippen LogP contribution in [0.4, 0.5) is 0 Å². The van der Waals surface area contributed by atoms with Gasteiger partial charge in [0.1, 0.15) is 0 Å². The molecule has 2 fully saturated rings. The first kappa shape index (κ1) is 18.4. The summed E-state index contributed by atoms with van der Waals surface area (Å²) in [5, 5.41) is 0. The summed E-state index contributed by atoms with van der Waals surface area (Å²) in [6.07, 6.45) is 12.5. The molecule has 0 saturated heterocycles. The quantitative estimate of drug-likeness (QED) is 0.372. The lowest BCUT2D eigenvalue weighted by atomic mass is 9.50. The molecule has 0 bridgehead atoms. The summed E-state index contributed by atoms with van der Waals surface area (Å²) >= 11 is 0. The Morgan fingerprint density at radius 1 is 1.42 bits per heavy atom. The van der Waals surface area contributed by atoms with Crippen molar-refractivity contribution < 1.29 is 0 Å². The molecule has 4 unspecified atom stereocenters. The van der Waals surface area contributed by atoms with Gasteiger partial charge in [0.15, 0.2) is 0 Å². The van der Waals surface area contributed by atoms with E-state index in [1.54, 1.807) is 0 Å². The van der Waals surface area contributed by atoms with Crippen LogP contribution in [0.5, 0.6) is 0 Å². The molecule has 4 atom stereocenters. The lowest BCUT2D eigenvalue weighted by Crippen LogP contribution is -2.48. The molecule has 0 aliphatic heterocycles. The highest BCUT2D eigenvalue weighted by Crippen LogP contribution is 2.92. The topological polar surface area (TPSA) is 26.0 Å². The molecule has 0 aromatic rings. The van der Waals surface area contributed by atoms with Crippen LogP contribution in [0.3, 0.4) is 0 Å². The number of nitrogens with two attached hydrogens (primary N) is 1. The predicted molar refractivity (Wildman–Crippen MR) is 104 cm³/mol. The van der Waals surface area contributed by atoms with Crippen molar-refractivity contribution in [1.29, 1.82) is 0 Å². The van der Waals surface area contributed by atoms with Crippen LogP contribution in [0.15, 0.2) is 54.5 Å². The maximum absolute atomic E-state index is 6.23. The Morgan fingerprint density at radius 2 is 2.12 bits per heavy atom. The number of fused-ring (bicyclic) bond motifs is 1. The SMILES string of the molecule is C=C=C/C=C(\C=C/C)CCC1(C#CC)CC2(C(=C)N)C(C)C12CC. The minimum absolute atomic E-state index is 0.0663. The van der Waals surface area contributed by atoms with E-state index < -0.39 is 0 Å². The third kappa shape index (κ3) is 2.17. The molecule has 24 heavy (non-hydrogen) atoms. The first-order valence-electron chi connectivity index (χ1n) is 8.99. The highest BCUT2D eigenvalue weighted by atomic mass is 14.9. The first-order chi connectivity index (χ1) is 11.4. The van der Waals surface area contributed by atoms with Crippen molar-refractivity contribution in [2.24, 2.45) is 27.9 Å². The summed E-state index contributed by atoms with van der Waals surface area (Å²) in [6.45, 7) is 16.4. The van der Waals surface area contributed by atoms with E-state index in [9.17, 15) is 0 Å². The zero-order chi connectivity index (χ0) is 18.0. The highest BCUT2D eigenvalue weighted by Gasteiger charge is 2.89. The van der Waals surface area contributed by atoms with Crippen molar-refractivity contribution in [1.82, 2.24) is 0 Å². The molecule has 1 nitrogen and oxygen atoms in total. The van der Waals surface area contributed by atoms with Crippen LogP contribution in [0.1, 0.15) is 53.4 Å². The van der Waals surface area contributed by atoms with E-state index in [0.717, 1.165) is 31.4 Å². The molecule has 0 heterocycles. The Labute approximate surface area is 148 Å². The standard InChI is InChI=1S/C23H31N/c1-7-11-13-20(12-8-2)14-16-21(15-9-3)17-22(19(6)24)18(5)23(21,22)10-4/h8,11-13,18H,1,6,10,14,16-17,24H2,2-5H3/b12-8-,20-13+. The fourth-order valence-corrected chi connectivity index (χ4v) is 5.86. The van der Waals surface area contributed by atoms with Gasteiger partial charge in [0.25, 0.3) is 0 Å². The van der Waals surface area contributed by atoms with Crippen LogP contribution in [0.25, 0.3) is 0 Å². The van der Waals surface area contributed by atoms with Gasteiger partial charge in [0.2, 0.25) is 0 Å². The van der Waals surface area contributed by atoms with Crippen LogP contribution in [-0.4, -0.2) is 0 Å². The molecule has 0 spiro atoms. The highest BCUT2D eigenvalue weighted by molar-refractivity contribution is 5.48. The van der Waals surface area contributed by atoms with Gasteiger partial charge in [-0.25, -0.2) is 0 Å². The average Bonchev–Trinajstić information content (AvgIpc) is 3.00. The van der Waals surface area contributed by atoms with E-state index in [2.05, 4.69) is 69.7 Å².